The van der Waals surface area contributed by atoms with Crippen molar-refractivity contribution in [2.24, 2.45) is 0 Å². The van der Waals surface area contributed by atoms with Gasteiger partial charge in [-0.15, -0.1) is 0 Å². The fourth-order valence-electron chi connectivity index (χ4n) is 1.23. The molecule has 1 rings (SSSR count). The Morgan fingerprint density at radius 2 is 1.93 bits per heavy atom. The summed E-state index contributed by atoms with van der Waals surface area (Å²) < 4.78 is 0. The molecular weight excluding hydrogens is 176 g/mol. The zero-order valence-corrected chi connectivity index (χ0v) is 9.33. The Morgan fingerprint density at radius 3 is 2.43 bits per heavy atom. The van der Waals surface area contributed by atoms with Crippen LogP contribution in [-0.4, -0.2) is 21.7 Å². The first kappa shape index (κ1) is 11.1. The van der Waals surface area contributed by atoms with Crippen molar-refractivity contribution in [2.45, 2.75) is 39.5 Å². The molecular formula is C11H18N2O. The monoisotopic (exact) mass is 194 g/mol. The van der Waals surface area contributed by atoms with E-state index in [2.05, 4.69) is 30.7 Å². The number of aromatic nitrogens is 2. The standard InChI is InChI=1S/C11H18N2O/c1-8-7-9(11(2,3)4)13-10(12-8)5-6-14/h7,14H,5-6H2,1-4H3. The van der Waals surface area contributed by atoms with E-state index >= 15 is 0 Å². The Bertz CT molecular complexity index is 316. The summed E-state index contributed by atoms with van der Waals surface area (Å²) in [6.45, 7) is 8.43. The Morgan fingerprint density at radius 1 is 1.29 bits per heavy atom. The van der Waals surface area contributed by atoms with Crippen LogP contribution in [0, 0.1) is 6.92 Å². The number of hydrogen-bond donors (Lipinski definition) is 1. The molecule has 0 radical (unpaired) electrons. The van der Waals surface area contributed by atoms with Crippen LogP contribution in [0.4, 0.5) is 0 Å². The second-order valence-electron chi connectivity index (χ2n) is 4.53. The molecule has 3 heteroatoms. The van der Waals surface area contributed by atoms with Crippen LogP contribution in [0.5, 0.6) is 0 Å². The topological polar surface area (TPSA) is 46.0 Å². The van der Waals surface area contributed by atoms with Crippen LogP contribution in [0.1, 0.15) is 38.0 Å². The van der Waals surface area contributed by atoms with Crippen LogP contribution in [-0.2, 0) is 11.8 Å². The lowest BCUT2D eigenvalue weighted by Crippen LogP contribution is -2.16. The number of aliphatic hydroxyl groups excluding tert-OH is 1. The molecule has 0 atom stereocenters. The summed E-state index contributed by atoms with van der Waals surface area (Å²) in [7, 11) is 0. The summed E-state index contributed by atoms with van der Waals surface area (Å²) in [6, 6.07) is 2.00. The summed E-state index contributed by atoms with van der Waals surface area (Å²) in [6.07, 6.45) is 0.533. The molecule has 78 valence electrons. The lowest BCUT2D eigenvalue weighted by molar-refractivity contribution is 0.296. The molecule has 1 aromatic heterocycles. The highest BCUT2D eigenvalue weighted by Crippen LogP contribution is 2.20. The zero-order valence-electron chi connectivity index (χ0n) is 9.33. The summed E-state index contributed by atoms with van der Waals surface area (Å²) >= 11 is 0. The third-order valence-electron chi connectivity index (χ3n) is 2.00. The van der Waals surface area contributed by atoms with Crippen molar-refractivity contribution in [3.63, 3.8) is 0 Å². The van der Waals surface area contributed by atoms with Gasteiger partial charge >= 0.3 is 0 Å². The van der Waals surface area contributed by atoms with Gasteiger partial charge in [-0.2, -0.15) is 0 Å². The molecule has 0 fully saturated rings. The number of hydrogen-bond acceptors (Lipinski definition) is 3. The first-order valence-corrected chi connectivity index (χ1v) is 4.89. The minimum Gasteiger partial charge on any atom is -0.396 e. The average molecular weight is 194 g/mol. The van der Waals surface area contributed by atoms with Gasteiger partial charge in [0.05, 0.1) is 6.61 Å². The summed E-state index contributed by atoms with van der Waals surface area (Å²) in [5, 5.41) is 8.82. The van der Waals surface area contributed by atoms with Gasteiger partial charge in [-0.1, -0.05) is 20.8 Å². The van der Waals surface area contributed by atoms with Gasteiger partial charge in [0.2, 0.25) is 0 Å². The van der Waals surface area contributed by atoms with Crippen LogP contribution >= 0.6 is 0 Å². The molecule has 0 bridgehead atoms. The molecule has 0 aromatic carbocycles. The average Bonchev–Trinajstić information content (AvgIpc) is 2.02. The number of aryl methyl sites for hydroxylation is 1. The van der Waals surface area contributed by atoms with E-state index in [9.17, 15) is 0 Å². The minimum absolute atomic E-state index is 0.0396. The van der Waals surface area contributed by atoms with Gasteiger partial charge in [-0.3, -0.25) is 0 Å². The van der Waals surface area contributed by atoms with Crippen LogP contribution < -0.4 is 0 Å². The normalized spacial score (nSPS) is 11.8. The van der Waals surface area contributed by atoms with Crippen molar-refractivity contribution in [3.05, 3.63) is 23.3 Å². The van der Waals surface area contributed by atoms with E-state index in [-0.39, 0.29) is 12.0 Å². The number of rotatable bonds is 2. The number of nitrogens with zero attached hydrogens (tertiary/aromatic N) is 2. The van der Waals surface area contributed by atoms with Gasteiger partial charge in [0.25, 0.3) is 0 Å². The second kappa shape index (κ2) is 4.05. The highest BCUT2D eigenvalue weighted by atomic mass is 16.3. The van der Waals surface area contributed by atoms with Crippen LogP contribution in [0.25, 0.3) is 0 Å². The molecule has 0 saturated carbocycles. The lowest BCUT2D eigenvalue weighted by atomic mass is 9.91. The van der Waals surface area contributed by atoms with Crippen molar-refractivity contribution in [1.29, 1.82) is 0 Å². The maximum Gasteiger partial charge on any atom is 0.131 e. The molecule has 14 heavy (non-hydrogen) atoms. The van der Waals surface area contributed by atoms with Crippen LogP contribution in [0.15, 0.2) is 6.07 Å². The molecule has 0 spiro atoms. The molecule has 1 heterocycles. The van der Waals surface area contributed by atoms with Gasteiger partial charge in [-0.25, -0.2) is 9.97 Å². The Kier molecular flexibility index (Phi) is 3.21. The first-order valence-electron chi connectivity index (χ1n) is 4.89. The van der Waals surface area contributed by atoms with Crippen molar-refractivity contribution >= 4 is 0 Å². The molecule has 0 aliphatic heterocycles. The van der Waals surface area contributed by atoms with E-state index in [0.717, 1.165) is 17.2 Å². The van der Waals surface area contributed by atoms with Crippen molar-refractivity contribution in [2.75, 3.05) is 6.61 Å². The predicted molar refractivity (Wildman–Crippen MR) is 56.3 cm³/mol. The van der Waals surface area contributed by atoms with Gasteiger partial charge in [0.15, 0.2) is 0 Å². The third-order valence-corrected chi connectivity index (χ3v) is 2.00. The molecule has 1 N–H and O–H groups in total. The van der Waals surface area contributed by atoms with Crippen LogP contribution in [0.2, 0.25) is 0 Å². The van der Waals surface area contributed by atoms with Crippen molar-refractivity contribution < 1.29 is 5.11 Å². The van der Waals surface area contributed by atoms with E-state index < -0.39 is 0 Å². The van der Waals surface area contributed by atoms with Crippen molar-refractivity contribution in [1.82, 2.24) is 9.97 Å². The molecule has 1 aromatic rings. The minimum atomic E-state index is 0.0396. The van der Waals surface area contributed by atoms with Gasteiger partial charge in [0.1, 0.15) is 5.82 Å². The predicted octanol–water partition coefficient (Wildman–Crippen LogP) is 1.62. The highest BCUT2D eigenvalue weighted by Gasteiger charge is 2.16. The maximum atomic E-state index is 8.82. The summed E-state index contributed by atoms with van der Waals surface area (Å²) in [5.41, 5.74) is 2.04. The SMILES string of the molecule is Cc1cc(C(C)(C)C)nc(CCO)n1. The Hall–Kier alpha value is -0.960. The van der Waals surface area contributed by atoms with E-state index in [4.69, 9.17) is 5.11 Å². The quantitative estimate of drug-likeness (QED) is 0.778. The Labute approximate surface area is 85.2 Å². The number of aliphatic hydroxyl groups is 1. The van der Waals surface area contributed by atoms with Gasteiger partial charge < -0.3 is 5.11 Å². The highest BCUT2D eigenvalue weighted by molar-refractivity contribution is 5.17. The fraction of sp³-hybridized carbons (Fsp3) is 0.636. The molecule has 0 saturated heterocycles. The molecule has 0 aliphatic carbocycles. The van der Waals surface area contributed by atoms with Gasteiger partial charge in [0, 0.05) is 23.2 Å². The molecule has 0 unspecified atom stereocenters. The van der Waals surface area contributed by atoms with Gasteiger partial charge in [-0.05, 0) is 13.0 Å². The van der Waals surface area contributed by atoms with Crippen molar-refractivity contribution in [3.8, 4) is 0 Å². The largest absolute Gasteiger partial charge is 0.396 e. The smallest absolute Gasteiger partial charge is 0.131 e. The summed E-state index contributed by atoms with van der Waals surface area (Å²) in [5.74, 6) is 0.734. The van der Waals surface area contributed by atoms with E-state index in [1.54, 1.807) is 0 Å². The fourth-order valence-corrected chi connectivity index (χ4v) is 1.23. The maximum absolute atomic E-state index is 8.82. The first-order chi connectivity index (χ1) is 6.43. The van der Waals surface area contributed by atoms with E-state index in [0.29, 0.717) is 6.42 Å². The second-order valence-corrected chi connectivity index (χ2v) is 4.53. The van der Waals surface area contributed by atoms with Crippen LogP contribution in [0.3, 0.4) is 0 Å². The molecule has 0 aliphatic rings. The molecule has 0 amide bonds. The zero-order chi connectivity index (χ0) is 10.8. The van der Waals surface area contributed by atoms with E-state index in [1.807, 2.05) is 13.0 Å². The van der Waals surface area contributed by atoms with E-state index in [1.165, 1.54) is 0 Å². The third kappa shape index (κ3) is 2.77. The summed E-state index contributed by atoms with van der Waals surface area (Å²) in [4.78, 5) is 8.69. The lowest BCUT2D eigenvalue weighted by Gasteiger charge is -2.18. The molecule has 3 nitrogen and oxygen atoms in total. The Balaban J connectivity index is 3.07.